The molecule has 1 N–H and O–H groups in total. The molecule has 6 nitrogen and oxygen atoms in total. The maximum Gasteiger partial charge on any atom is 0.255 e. The van der Waals surface area contributed by atoms with Crippen LogP contribution in [0.4, 0.5) is 5.69 Å². The van der Waals surface area contributed by atoms with Crippen LogP contribution in [0.5, 0.6) is 0 Å². The quantitative estimate of drug-likeness (QED) is 0.755. The van der Waals surface area contributed by atoms with Gasteiger partial charge in [-0.1, -0.05) is 28.1 Å². The monoisotopic (exact) mass is 452 g/mol. The molecule has 1 fully saturated rings. The van der Waals surface area contributed by atoms with Gasteiger partial charge in [0.1, 0.15) is 0 Å². The van der Waals surface area contributed by atoms with E-state index in [1.54, 1.807) is 24.3 Å². The van der Waals surface area contributed by atoms with Crippen LogP contribution in [-0.2, 0) is 20.5 Å². The molecule has 0 aromatic heterocycles. The van der Waals surface area contributed by atoms with Gasteiger partial charge in [0.05, 0.1) is 19.0 Å². The third-order valence-corrected chi connectivity index (χ3v) is 7.08. The molecule has 0 unspecified atom stereocenters. The summed E-state index contributed by atoms with van der Waals surface area (Å²) in [6.45, 7) is 3.57. The largest absolute Gasteiger partial charge is 0.379 e. The number of rotatable bonds is 5. The van der Waals surface area contributed by atoms with E-state index in [1.807, 2.05) is 25.1 Å². The first-order chi connectivity index (χ1) is 12.8. The van der Waals surface area contributed by atoms with Gasteiger partial charge in [0.2, 0.25) is 10.0 Å². The Hall–Kier alpha value is -1.74. The van der Waals surface area contributed by atoms with Gasteiger partial charge in [-0.15, -0.1) is 0 Å². The van der Waals surface area contributed by atoms with Crippen LogP contribution in [0.25, 0.3) is 0 Å². The summed E-state index contributed by atoms with van der Waals surface area (Å²) in [6, 6.07) is 12.2. The zero-order valence-corrected chi connectivity index (χ0v) is 17.3. The molecule has 0 bridgehead atoms. The summed E-state index contributed by atoms with van der Waals surface area (Å²) < 4.78 is 32.5. The van der Waals surface area contributed by atoms with Crippen molar-refractivity contribution in [1.82, 2.24) is 4.31 Å². The predicted molar refractivity (Wildman–Crippen MR) is 108 cm³/mol. The number of benzene rings is 2. The molecule has 2 aromatic carbocycles. The van der Waals surface area contributed by atoms with Crippen LogP contribution >= 0.6 is 15.9 Å². The summed E-state index contributed by atoms with van der Waals surface area (Å²) >= 11 is 3.43. The van der Waals surface area contributed by atoms with Gasteiger partial charge in [-0.25, -0.2) is 8.42 Å². The average molecular weight is 453 g/mol. The van der Waals surface area contributed by atoms with Gasteiger partial charge in [-0.05, 0) is 48.4 Å². The molecule has 0 aliphatic carbocycles. The van der Waals surface area contributed by atoms with Crippen molar-refractivity contribution >= 4 is 37.5 Å². The van der Waals surface area contributed by atoms with Crippen LogP contribution in [-0.4, -0.2) is 44.9 Å². The molecule has 2 aromatic rings. The minimum absolute atomic E-state index is 0.0825. The Labute approximate surface area is 167 Å². The molecule has 0 atom stereocenters. The number of sulfonamides is 1. The second kappa shape index (κ2) is 8.52. The Morgan fingerprint density at radius 2 is 1.81 bits per heavy atom. The first-order valence-electron chi connectivity index (χ1n) is 8.57. The van der Waals surface area contributed by atoms with Crippen molar-refractivity contribution in [1.29, 1.82) is 0 Å². The van der Waals surface area contributed by atoms with E-state index in [2.05, 4.69) is 21.2 Å². The molecule has 0 saturated carbocycles. The lowest BCUT2D eigenvalue weighted by molar-refractivity contribution is 0.0729. The number of carbonyl (C=O) groups excluding carboxylic acids is 1. The van der Waals surface area contributed by atoms with Crippen molar-refractivity contribution in [2.45, 2.75) is 12.7 Å². The number of nitrogens with one attached hydrogen (secondary N) is 1. The van der Waals surface area contributed by atoms with Gasteiger partial charge in [-0.2, -0.15) is 4.31 Å². The summed E-state index contributed by atoms with van der Waals surface area (Å²) in [4.78, 5) is 12.4. The fraction of sp³-hybridized carbons (Fsp3) is 0.316. The van der Waals surface area contributed by atoms with E-state index in [0.29, 0.717) is 43.1 Å². The van der Waals surface area contributed by atoms with Gasteiger partial charge in [-0.3, -0.25) is 4.79 Å². The minimum Gasteiger partial charge on any atom is -0.379 e. The second-order valence-electron chi connectivity index (χ2n) is 6.38. The van der Waals surface area contributed by atoms with Gasteiger partial charge >= 0.3 is 0 Å². The van der Waals surface area contributed by atoms with Crippen molar-refractivity contribution < 1.29 is 17.9 Å². The summed E-state index contributed by atoms with van der Waals surface area (Å²) in [5.74, 6) is -0.319. The second-order valence-corrected chi connectivity index (χ2v) is 9.21. The standard InChI is InChI=1S/C19H21BrN2O4S/c1-14-12-17(6-7-18(14)20)21-19(23)16-4-2-15(3-5-16)13-27(24,25)22-8-10-26-11-9-22/h2-7,12H,8-11,13H2,1H3,(H,21,23). The Kier molecular flexibility index (Phi) is 6.31. The first kappa shape index (κ1) is 20.0. The highest BCUT2D eigenvalue weighted by Gasteiger charge is 2.24. The first-order valence-corrected chi connectivity index (χ1v) is 11.0. The lowest BCUT2D eigenvalue weighted by atomic mass is 10.1. The number of aryl methyl sites for hydroxylation is 1. The number of morpholine rings is 1. The number of anilines is 1. The fourth-order valence-corrected chi connectivity index (χ4v) is 4.55. The zero-order chi connectivity index (χ0) is 19.4. The minimum atomic E-state index is -3.38. The maximum absolute atomic E-state index is 12.5. The van der Waals surface area contributed by atoms with Gasteiger partial charge in [0.15, 0.2) is 0 Å². The highest BCUT2D eigenvalue weighted by molar-refractivity contribution is 9.10. The highest BCUT2D eigenvalue weighted by Crippen LogP contribution is 2.21. The van der Waals surface area contributed by atoms with E-state index in [0.717, 1.165) is 10.0 Å². The number of hydrogen-bond acceptors (Lipinski definition) is 4. The lowest BCUT2D eigenvalue weighted by Crippen LogP contribution is -2.41. The van der Waals surface area contributed by atoms with E-state index < -0.39 is 10.0 Å². The molecule has 1 heterocycles. The Morgan fingerprint density at radius 3 is 2.44 bits per heavy atom. The zero-order valence-electron chi connectivity index (χ0n) is 14.9. The van der Waals surface area contributed by atoms with Crippen molar-refractivity contribution in [3.05, 3.63) is 63.6 Å². The summed E-state index contributed by atoms with van der Waals surface area (Å²) in [6.07, 6.45) is 0. The summed E-state index contributed by atoms with van der Waals surface area (Å²) in [5.41, 5.74) is 2.86. The van der Waals surface area contributed by atoms with E-state index in [9.17, 15) is 13.2 Å². The molecular formula is C19H21BrN2O4S. The molecule has 0 spiro atoms. The van der Waals surface area contributed by atoms with E-state index in [-0.39, 0.29) is 11.7 Å². The molecule has 1 aliphatic rings. The SMILES string of the molecule is Cc1cc(NC(=O)c2ccc(CS(=O)(=O)N3CCOCC3)cc2)ccc1Br. The van der Waals surface area contributed by atoms with Gasteiger partial charge in [0, 0.05) is 28.8 Å². The number of nitrogens with zero attached hydrogens (tertiary/aromatic N) is 1. The van der Waals surface area contributed by atoms with E-state index >= 15 is 0 Å². The van der Waals surface area contributed by atoms with Crippen molar-refractivity contribution in [2.75, 3.05) is 31.6 Å². The van der Waals surface area contributed by atoms with Crippen molar-refractivity contribution in [2.24, 2.45) is 0 Å². The maximum atomic E-state index is 12.5. The summed E-state index contributed by atoms with van der Waals surface area (Å²) in [5, 5.41) is 2.85. The molecule has 1 amide bonds. The number of halogens is 1. The normalized spacial score (nSPS) is 15.5. The predicted octanol–water partition coefficient (Wildman–Crippen LogP) is 3.17. The molecule has 1 aliphatic heterocycles. The molecule has 8 heteroatoms. The van der Waals surface area contributed by atoms with Crippen LogP contribution in [0.1, 0.15) is 21.5 Å². The van der Waals surface area contributed by atoms with Gasteiger partial charge in [0.25, 0.3) is 5.91 Å². The van der Waals surface area contributed by atoms with Crippen LogP contribution in [0.15, 0.2) is 46.9 Å². The van der Waals surface area contributed by atoms with Crippen LogP contribution in [0.2, 0.25) is 0 Å². The third-order valence-electron chi connectivity index (χ3n) is 4.34. The number of amides is 1. The van der Waals surface area contributed by atoms with Crippen LogP contribution in [0, 0.1) is 6.92 Å². The number of carbonyl (C=O) groups is 1. The van der Waals surface area contributed by atoms with Crippen molar-refractivity contribution in [3.63, 3.8) is 0 Å². The number of hydrogen-bond donors (Lipinski definition) is 1. The lowest BCUT2D eigenvalue weighted by Gasteiger charge is -2.26. The highest BCUT2D eigenvalue weighted by atomic mass is 79.9. The molecule has 3 rings (SSSR count). The van der Waals surface area contributed by atoms with Crippen LogP contribution in [0.3, 0.4) is 0 Å². The fourth-order valence-electron chi connectivity index (χ4n) is 2.80. The van der Waals surface area contributed by atoms with Crippen molar-refractivity contribution in [3.8, 4) is 0 Å². The smallest absolute Gasteiger partial charge is 0.255 e. The Bertz CT molecular complexity index is 923. The van der Waals surface area contributed by atoms with Gasteiger partial charge < -0.3 is 10.1 Å². The summed E-state index contributed by atoms with van der Waals surface area (Å²) in [7, 11) is -3.38. The topological polar surface area (TPSA) is 75.7 Å². The molecule has 1 saturated heterocycles. The molecule has 144 valence electrons. The molecule has 0 radical (unpaired) electrons. The van der Waals surface area contributed by atoms with Crippen LogP contribution < -0.4 is 5.32 Å². The van der Waals surface area contributed by atoms with E-state index in [4.69, 9.17) is 4.74 Å². The Morgan fingerprint density at radius 1 is 1.15 bits per heavy atom. The third kappa shape index (κ3) is 5.16. The Balaban J connectivity index is 1.65. The molecule has 27 heavy (non-hydrogen) atoms. The van der Waals surface area contributed by atoms with E-state index in [1.165, 1.54) is 4.31 Å². The average Bonchev–Trinajstić information content (AvgIpc) is 2.66. The molecular weight excluding hydrogens is 432 g/mol. The number of ether oxygens (including phenoxy) is 1.